The number of nitrogens with one attached hydrogen (secondary N) is 2. The average Bonchev–Trinajstić information content (AvgIpc) is 2.74. The van der Waals surface area contributed by atoms with Gasteiger partial charge in [0.1, 0.15) is 0 Å². The van der Waals surface area contributed by atoms with E-state index in [2.05, 4.69) is 25.6 Å². The van der Waals surface area contributed by atoms with Crippen LogP contribution in [0, 0.1) is 0 Å². The molecule has 4 rings (SSSR count). The van der Waals surface area contributed by atoms with Crippen molar-refractivity contribution in [2.45, 2.75) is 44.4 Å². The maximum Gasteiger partial charge on any atom is 0.253 e. The minimum absolute atomic E-state index is 0.193. The predicted molar refractivity (Wildman–Crippen MR) is 107 cm³/mol. The molecular formula is C21H23N5O2. The number of para-hydroxylation sites is 1. The van der Waals surface area contributed by atoms with Gasteiger partial charge in [-0.3, -0.25) is 9.78 Å². The Morgan fingerprint density at radius 2 is 1.93 bits per heavy atom. The van der Waals surface area contributed by atoms with E-state index in [4.69, 9.17) is 0 Å². The van der Waals surface area contributed by atoms with Crippen LogP contribution >= 0.6 is 0 Å². The number of aromatic nitrogens is 3. The van der Waals surface area contributed by atoms with Crippen LogP contribution in [0.5, 0.6) is 0 Å². The number of benzene rings is 1. The molecule has 0 radical (unpaired) electrons. The van der Waals surface area contributed by atoms with Gasteiger partial charge in [0.2, 0.25) is 5.95 Å². The van der Waals surface area contributed by atoms with E-state index in [1.807, 2.05) is 30.3 Å². The Kier molecular flexibility index (Phi) is 5.43. The van der Waals surface area contributed by atoms with E-state index in [0.29, 0.717) is 23.6 Å². The minimum Gasteiger partial charge on any atom is -0.393 e. The quantitative estimate of drug-likeness (QED) is 0.632. The molecule has 0 spiro atoms. The first-order valence-corrected chi connectivity index (χ1v) is 9.57. The molecule has 1 saturated carbocycles. The van der Waals surface area contributed by atoms with E-state index in [-0.39, 0.29) is 18.1 Å². The molecular weight excluding hydrogens is 354 g/mol. The molecule has 2 aromatic heterocycles. The van der Waals surface area contributed by atoms with Crippen LogP contribution in [-0.2, 0) is 6.54 Å². The summed E-state index contributed by atoms with van der Waals surface area (Å²) in [5.74, 6) is 0.320. The third-order valence-corrected chi connectivity index (χ3v) is 5.04. The number of fused-ring (bicyclic) bond motifs is 1. The lowest BCUT2D eigenvalue weighted by molar-refractivity contribution is 0.0952. The Balaban J connectivity index is 1.52. The Labute approximate surface area is 163 Å². The van der Waals surface area contributed by atoms with Crippen molar-refractivity contribution in [3.63, 3.8) is 0 Å². The molecule has 0 aliphatic heterocycles. The van der Waals surface area contributed by atoms with Gasteiger partial charge in [-0.2, -0.15) is 0 Å². The summed E-state index contributed by atoms with van der Waals surface area (Å²) >= 11 is 0. The van der Waals surface area contributed by atoms with Gasteiger partial charge in [0.05, 0.1) is 29.4 Å². The molecule has 7 nitrogen and oxygen atoms in total. The molecule has 0 unspecified atom stereocenters. The number of rotatable bonds is 5. The molecule has 3 aromatic rings. The highest BCUT2D eigenvalue weighted by molar-refractivity contribution is 6.05. The number of carbonyl (C=O) groups is 1. The molecule has 0 atom stereocenters. The maximum absolute atomic E-state index is 12.7. The number of aliphatic hydroxyl groups excluding tert-OH is 1. The van der Waals surface area contributed by atoms with Crippen molar-refractivity contribution in [1.29, 1.82) is 0 Å². The van der Waals surface area contributed by atoms with Gasteiger partial charge in [-0.1, -0.05) is 18.2 Å². The van der Waals surface area contributed by atoms with E-state index in [1.54, 1.807) is 18.5 Å². The number of pyridine rings is 1. The van der Waals surface area contributed by atoms with Gasteiger partial charge in [0.15, 0.2) is 0 Å². The number of nitrogens with zero attached hydrogens (tertiary/aromatic N) is 3. The van der Waals surface area contributed by atoms with Gasteiger partial charge in [-0.25, -0.2) is 9.97 Å². The molecule has 1 fully saturated rings. The van der Waals surface area contributed by atoms with Crippen LogP contribution in [0.3, 0.4) is 0 Å². The summed E-state index contributed by atoms with van der Waals surface area (Å²) in [5, 5.41) is 16.7. The first-order chi connectivity index (χ1) is 13.7. The Bertz CT molecular complexity index is 955. The predicted octanol–water partition coefficient (Wildman–Crippen LogP) is 2.67. The van der Waals surface area contributed by atoms with Crippen molar-refractivity contribution in [2.24, 2.45) is 0 Å². The van der Waals surface area contributed by atoms with E-state index in [9.17, 15) is 9.90 Å². The molecule has 1 aromatic carbocycles. The molecule has 3 N–H and O–H groups in total. The Hall–Kier alpha value is -3.06. The molecule has 7 heteroatoms. The summed E-state index contributed by atoms with van der Waals surface area (Å²) in [7, 11) is 0. The average molecular weight is 377 g/mol. The number of hydrogen-bond acceptors (Lipinski definition) is 6. The second-order valence-electron chi connectivity index (χ2n) is 7.09. The van der Waals surface area contributed by atoms with Crippen LogP contribution in [0.2, 0.25) is 0 Å². The van der Waals surface area contributed by atoms with E-state index in [1.165, 1.54) is 0 Å². The number of anilines is 1. The highest BCUT2D eigenvalue weighted by atomic mass is 16.3. The molecule has 0 bridgehead atoms. The summed E-state index contributed by atoms with van der Waals surface area (Å²) in [6.45, 7) is 0.358. The first-order valence-electron chi connectivity index (χ1n) is 9.57. The number of amides is 1. The fourth-order valence-electron chi connectivity index (χ4n) is 3.48. The zero-order valence-corrected chi connectivity index (χ0v) is 15.5. The number of carbonyl (C=O) groups excluding carboxylic acids is 1. The second kappa shape index (κ2) is 8.31. The Morgan fingerprint density at radius 1 is 1.07 bits per heavy atom. The number of hydrogen-bond donors (Lipinski definition) is 3. The van der Waals surface area contributed by atoms with Crippen LogP contribution < -0.4 is 10.6 Å². The van der Waals surface area contributed by atoms with Gasteiger partial charge < -0.3 is 15.7 Å². The highest BCUT2D eigenvalue weighted by Crippen LogP contribution is 2.22. The van der Waals surface area contributed by atoms with Gasteiger partial charge in [0.25, 0.3) is 5.91 Å². The van der Waals surface area contributed by atoms with Crippen LogP contribution in [0.1, 0.15) is 41.7 Å². The third kappa shape index (κ3) is 4.26. The zero-order chi connectivity index (χ0) is 19.3. The minimum atomic E-state index is -0.204. The normalized spacial score (nSPS) is 19.3. The van der Waals surface area contributed by atoms with Crippen LogP contribution in [0.25, 0.3) is 10.9 Å². The fraction of sp³-hybridized carbons (Fsp3) is 0.333. The van der Waals surface area contributed by atoms with Gasteiger partial charge in [-0.05, 0) is 43.9 Å². The van der Waals surface area contributed by atoms with E-state index >= 15 is 0 Å². The lowest BCUT2D eigenvalue weighted by atomic mass is 9.93. The SMILES string of the molecule is O=C(NCc1ccccn1)c1cccc2cnc(N[C@H]3CC[C@H](O)CC3)nc12. The summed E-state index contributed by atoms with van der Waals surface area (Å²) < 4.78 is 0. The monoisotopic (exact) mass is 377 g/mol. The van der Waals surface area contributed by atoms with Crippen molar-refractivity contribution in [3.8, 4) is 0 Å². The standard InChI is InChI=1S/C21H23N5O2/c27-17-9-7-15(8-10-17)25-21-24-12-14-4-3-6-18(19(14)26-21)20(28)23-13-16-5-1-2-11-22-16/h1-6,11-12,15,17,27H,7-10,13H2,(H,23,28)(H,24,25,26)/t15-,17-. The summed E-state index contributed by atoms with van der Waals surface area (Å²) in [5.41, 5.74) is 1.93. The van der Waals surface area contributed by atoms with Crippen LogP contribution in [0.4, 0.5) is 5.95 Å². The van der Waals surface area contributed by atoms with Crippen LogP contribution in [-0.4, -0.2) is 38.1 Å². The molecule has 0 saturated heterocycles. The third-order valence-electron chi connectivity index (χ3n) is 5.04. The van der Waals surface area contributed by atoms with Crippen molar-refractivity contribution in [3.05, 3.63) is 60.0 Å². The molecule has 1 amide bonds. The zero-order valence-electron chi connectivity index (χ0n) is 15.5. The fourth-order valence-corrected chi connectivity index (χ4v) is 3.48. The maximum atomic E-state index is 12.7. The van der Waals surface area contributed by atoms with Crippen molar-refractivity contribution in [1.82, 2.24) is 20.3 Å². The number of aliphatic hydroxyl groups is 1. The van der Waals surface area contributed by atoms with E-state index in [0.717, 1.165) is 36.8 Å². The molecule has 144 valence electrons. The van der Waals surface area contributed by atoms with Crippen molar-refractivity contribution in [2.75, 3.05) is 5.32 Å². The van der Waals surface area contributed by atoms with Gasteiger partial charge >= 0.3 is 0 Å². The summed E-state index contributed by atoms with van der Waals surface area (Å²) in [6, 6.07) is 11.3. The Morgan fingerprint density at radius 3 is 2.71 bits per heavy atom. The summed E-state index contributed by atoms with van der Waals surface area (Å²) in [6.07, 6.45) is 6.57. The molecule has 28 heavy (non-hydrogen) atoms. The van der Waals surface area contributed by atoms with Crippen molar-refractivity contribution >= 4 is 22.8 Å². The van der Waals surface area contributed by atoms with Crippen LogP contribution in [0.15, 0.2) is 48.8 Å². The van der Waals surface area contributed by atoms with Gasteiger partial charge in [0, 0.05) is 23.8 Å². The topological polar surface area (TPSA) is 100 Å². The molecule has 2 heterocycles. The first kappa shape index (κ1) is 18.3. The van der Waals surface area contributed by atoms with E-state index < -0.39 is 0 Å². The van der Waals surface area contributed by atoms with Crippen molar-refractivity contribution < 1.29 is 9.90 Å². The smallest absolute Gasteiger partial charge is 0.253 e. The molecule has 1 aliphatic rings. The lowest BCUT2D eigenvalue weighted by Gasteiger charge is -2.26. The second-order valence-corrected chi connectivity index (χ2v) is 7.09. The largest absolute Gasteiger partial charge is 0.393 e. The highest BCUT2D eigenvalue weighted by Gasteiger charge is 2.20. The lowest BCUT2D eigenvalue weighted by Crippen LogP contribution is -2.29. The van der Waals surface area contributed by atoms with Gasteiger partial charge in [-0.15, -0.1) is 0 Å². The molecule has 1 aliphatic carbocycles. The summed E-state index contributed by atoms with van der Waals surface area (Å²) in [4.78, 5) is 25.9.